The van der Waals surface area contributed by atoms with Gasteiger partial charge in [0.1, 0.15) is 0 Å². The maximum atomic E-state index is 2.49. The molecule has 260 valence electrons. The fourth-order valence-corrected chi connectivity index (χ4v) is 10.3. The highest BCUT2D eigenvalue weighted by molar-refractivity contribution is 7.26. The Kier molecular flexibility index (Phi) is 7.14. The van der Waals surface area contributed by atoms with Crippen molar-refractivity contribution in [1.29, 1.82) is 0 Å². The number of hydrogen-bond donors (Lipinski definition) is 0. The third kappa shape index (κ3) is 4.99. The molecule has 1 nitrogen and oxygen atoms in total. The molecule has 1 aromatic heterocycles. The fraction of sp³-hybridized carbons (Fsp3) is 0.0566. The number of para-hydroxylation sites is 1. The summed E-state index contributed by atoms with van der Waals surface area (Å²) in [7, 11) is 0. The fourth-order valence-electron chi connectivity index (χ4n) is 9.13. The molecule has 0 fully saturated rings. The van der Waals surface area contributed by atoms with Gasteiger partial charge in [0.25, 0.3) is 0 Å². The van der Waals surface area contributed by atoms with E-state index in [0.29, 0.717) is 0 Å². The first-order chi connectivity index (χ1) is 27.0. The number of hydrogen-bond acceptors (Lipinski definition) is 2. The average molecular weight is 720 g/mol. The number of fused-ring (bicyclic) bond motifs is 9. The van der Waals surface area contributed by atoms with Crippen LogP contribution in [0.4, 0.5) is 17.1 Å². The predicted molar refractivity (Wildman–Crippen MR) is 237 cm³/mol. The van der Waals surface area contributed by atoms with Gasteiger partial charge in [-0.15, -0.1) is 11.3 Å². The summed E-state index contributed by atoms with van der Waals surface area (Å²) in [5.74, 6) is 0. The van der Waals surface area contributed by atoms with E-state index in [9.17, 15) is 0 Å². The Morgan fingerprint density at radius 1 is 0.418 bits per heavy atom. The SMILES string of the molecule is CC1(C)c2ccccc2-c2c(N(c3ccc(-c4ccc5c(c4)sc4ccc6ccccc6c45)cc3)c3ccccc3-c3ccc4ccccc4c3)cccc21. The molecule has 0 atom stereocenters. The number of benzene rings is 9. The van der Waals surface area contributed by atoms with E-state index in [1.54, 1.807) is 0 Å². The topological polar surface area (TPSA) is 3.24 Å². The van der Waals surface area contributed by atoms with E-state index in [2.05, 4.69) is 207 Å². The van der Waals surface area contributed by atoms with Gasteiger partial charge < -0.3 is 4.90 Å². The van der Waals surface area contributed by atoms with Crippen molar-refractivity contribution < 1.29 is 0 Å². The van der Waals surface area contributed by atoms with Crippen LogP contribution in [0.3, 0.4) is 0 Å². The van der Waals surface area contributed by atoms with Crippen LogP contribution in [0, 0.1) is 0 Å². The lowest BCUT2D eigenvalue weighted by Gasteiger charge is -2.30. The van der Waals surface area contributed by atoms with E-state index in [1.807, 2.05) is 11.3 Å². The minimum atomic E-state index is -0.104. The molecule has 0 spiro atoms. The molecule has 0 saturated heterocycles. The molecule has 0 bridgehead atoms. The molecule has 10 aromatic rings. The first kappa shape index (κ1) is 32.0. The maximum Gasteiger partial charge on any atom is 0.0543 e. The predicted octanol–water partition coefficient (Wildman–Crippen LogP) is 15.5. The number of thiophene rings is 1. The normalized spacial score (nSPS) is 13.1. The largest absolute Gasteiger partial charge is 0.309 e. The molecule has 0 aliphatic heterocycles. The van der Waals surface area contributed by atoms with Gasteiger partial charge in [0.15, 0.2) is 0 Å². The van der Waals surface area contributed by atoms with Gasteiger partial charge in [-0.25, -0.2) is 0 Å². The Balaban J connectivity index is 1.08. The van der Waals surface area contributed by atoms with Crippen LogP contribution >= 0.6 is 11.3 Å². The Labute approximate surface area is 325 Å². The van der Waals surface area contributed by atoms with E-state index in [0.717, 1.165) is 11.4 Å². The van der Waals surface area contributed by atoms with Crippen molar-refractivity contribution in [2.75, 3.05) is 4.90 Å². The van der Waals surface area contributed by atoms with Gasteiger partial charge in [-0.1, -0.05) is 159 Å². The summed E-state index contributed by atoms with van der Waals surface area (Å²) in [6.07, 6.45) is 0. The minimum absolute atomic E-state index is 0.104. The van der Waals surface area contributed by atoms with Gasteiger partial charge in [0.05, 0.1) is 11.4 Å². The van der Waals surface area contributed by atoms with Gasteiger partial charge >= 0.3 is 0 Å². The summed E-state index contributed by atoms with van der Waals surface area (Å²) in [5.41, 5.74) is 13.6. The van der Waals surface area contributed by atoms with Crippen molar-refractivity contribution in [2.45, 2.75) is 19.3 Å². The number of anilines is 3. The van der Waals surface area contributed by atoms with E-state index in [-0.39, 0.29) is 5.41 Å². The van der Waals surface area contributed by atoms with Gasteiger partial charge in [0.2, 0.25) is 0 Å². The quantitative estimate of drug-likeness (QED) is 0.171. The third-order valence-electron chi connectivity index (χ3n) is 11.9. The Bertz CT molecular complexity index is 3130. The molecular formula is C53H37NS. The smallest absolute Gasteiger partial charge is 0.0543 e. The second-order valence-corrected chi connectivity index (χ2v) is 16.4. The van der Waals surface area contributed by atoms with Crippen LogP contribution in [-0.4, -0.2) is 0 Å². The van der Waals surface area contributed by atoms with Crippen LogP contribution in [0.1, 0.15) is 25.0 Å². The lowest BCUT2D eigenvalue weighted by atomic mass is 9.82. The summed E-state index contributed by atoms with van der Waals surface area (Å²) < 4.78 is 2.65. The van der Waals surface area contributed by atoms with Crippen molar-refractivity contribution >= 4 is 70.1 Å². The summed E-state index contributed by atoms with van der Waals surface area (Å²) in [6.45, 7) is 4.72. The van der Waals surface area contributed by atoms with Crippen LogP contribution in [0.15, 0.2) is 188 Å². The number of nitrogens with zero attached hydrogens (tertiary/aromatic N) is 1. The second kappa shape index (κ2) is 12.3. The van der Waals surface area contributed by atoms with Crippen molar-refractivity contribution in [3.05, 3.63) is 199 Å². The summed E-state index contributed by atoms with van der Waals surface area (Å²) in [5, 5.41) is 7.79. The van der Waals surface area contributed by atoms with Crippen LogP contribution in [-0.2, 0) is 5.41 Å². The zero-order chi connectivity index (χ0) is 36.7. The first-order valence-corrected chi connectivity index (χ1v) is 19.9. The van der Waals surface area contributed by atoms with Gasteiger partial charge in [-0.3, -0.25) is 0 Å². The molecule has 0 unspecified atom stereocenters. The number of rotatable bonds is 5. The molecule has 0 radical (unpaired) electrons. The van der Waals surface area contributed by atoms with Crippen LogP contribution in [0.25, 0.3) is 75.1 Å². The highest BCUT2D eigenvalue weighted by Gasteiger charge is 2.38. The van der Waals surface area contributed by atoms with E-state index >= 15 is 0 Å². The average Bonchev–Trinajstić information content (AvgIpc) is 3.73. The zero-order valence-electron chi connectivity index (χ0n) is 30.8. The molecular weight excluding hydrogens is 683 g/mol. The maximum absolute atomic E-state index is 2.49. The molecule has 1 aliphatic rings. The first-order valence-electron chi connectivity index (χ1n) is 19.1. The van der Waals surface area contributed by atoms with Crippen molar-refractivity contribution in [3.63, 3.8) is 0 Å². The summed E-state index contributed by atoms with van der Waals surface area (Å²) in [4.78, 5) is 2.49. The van der Waals surface area contributed by atoms with Gasteiger partial charge in [-0.2, -0.15) is 0 Å². The van der Waals surface area contributed by atoms with Crippen molar-refractivity contribution in [2.24, 2.45) is 0 Å². The lowest BCUT2D eigenvalue weighted by Crippen LogP contribution is -2.16. The highest BCUT2D eigenvalue weighted by atomic mass is 32.1. The highest BCUT2D eigenvalue weighted by Crippen LogP contribution is 2.55. The summed E-state index contributed by atoms with van der Waals surface area (Å²) >= 11 is 1.89. The van der Waals surface area contributed by atoms with Gasteiger partial charge in [-0.05, 0) is 97.4 Å². The lowest BCUT2D eigenvalue weighted by molar-refractivity contribution is 0.660. The Hall–Kier alpha value is -6.48. The molecule has 55 heavy (non-hydrogen) atoms. The Morgan fingerprint density at radius 2 is 1.07 bits per heavy atom. The third-order valence-corrected chi connectivity index (χ3v) is 13.0. The molecule has 11 rings (SSSR count). The molecule has 9 aromatic carbocycles. The molecule has 0 saturated carbocycles. The van der Waals surface area contributed by atoms with Crippen molar-refractivity contribution in [3.8, 4) is 33.4 Å². The second-order valence-electron chi connectivity index (χ2n) is 15.3. The molecule has 2 heteroatoms. The van der Waals surface area contributed by atoms with E-state index in [1.165, 1.54) is 91.9 Å². The Morgan fingerprint density at radius 3 is 1.95 bits per heavy atom. The van der Waals surface area contributed by atoms with Crippen LogP contribution < -0.4 is 4.90 Å². The van der Waals surface area contributed by atoms with Crippen molar-refractivity contribution in [1.82, 2.24) is 0 Å². The summed E-state index contributed by atoms with van der Waals surface area (Å²) in [6, 6.07) is 69.6. The monoisotopic (exact) mass is 719 g/mol. The van der Waals surface area contributed by atoms with Gasteiger partial charge in [0, 0.05) is 42.4 Å². The zero-order valence-corrected chi connectivity index (χ0v) is 31.6. The molecule has 1 heterocycles. The molecule has 1 aliphatic carbocycles. The van der Waals surface area contributed by atoms with Crippen LogP contribution in [0.5, 0.6) is 0 Å². The minimum Gasteiger partial charge on any atom is -0.309 e. The standard InChI is InChI=1S/C53H37NS/c1-53(2)45-18-9-7-17-43(45)52-46(53)19-11-21-48(52)54(47-20-10-8-15-41(47)39-23-22-34-12-3-4-14-37(34)32-39)40-28-24-35(25-29-40)38-26-30-44-50(33-38)55-49-31-27-36-13-5-6-16-42(36)51(44)49/h3-33H,1-2H3. The van der Waals surface area contributed by atoms with E-state index < -0.39 is 0 Å². The van der Waals surface area contributed by atoms with Crippen LogP contribution in [0.2, 0.25) is 0 Å². The molecule has 0 N–H and O–H groups in total. The molecule has 0 amide bonds. The van der Waals surface area contributed by atoms with E-state index in [4.69, 9.17) is 0 Å².